The second kappa shape index (κ2) is 5.86. The fourth-order valence-corrected chi connectivity index (χ4v) is 2.64. The highest BCUT2D eigenvalue weighted by molar-refractivity contribution is 8.14. The zero-order chi connectivity index (χ0) is 10.6. The van der Waals surface area contributed by atoms with Crippen molar-refractivity contribution in [3.05, 3.63) is 0 Å². The van der Waals surface area contributed by atoms with Gasteiger partial charge in [-0.2, -0.15) is 0 Å². The number of carbonyl (C=O) groups excluding carboxylic acids is 1. The van der Waals surface area contributed by atoms with Crippen molar-refractivity contribution in [2.75, 3.05) is 0 Å². The summed E-state index contributed by atoms with van der Waals surface area (Å²) in [7, 11) is 0. The lowest BCUT2D eigenvalue weighted by molar-refractivity contribution is 0.253. The van der Waals surface area contributed by atoms with Crippen molar-refractivity contribution in [2.45, 2.75) is 56.2 Å². The highest BCUT2D eigenvalue weighted by Crippen LogP contribution is 2.24. The summed E-state index contributed by atoms with van der Waals surface area (Å²) >= 11 is 7.48. The normalized spacial score (nSPS) is 27.7. The van der Waals surface area contributed by atoms with Crippen LogP contribution in [0.2, 0.25) is 0 Å². The van der Waals surface area contributed by atoms with Crippen LogP contribution in [-0.4, -0.2) is 21.9 Å². The fourth-order valence-electron chi connectivity index (χ4n) is 1.65. The first-order valence-electron chi connectivity index (χ1n) is 5.21. The maximum Gasteiger partial charge on any atom is 0.279 e. The summed E-state index contributed by atoms with van der Waals surface area (Å²) in [4.78, 5) is 11.5. The molecule has 1 aliphatic rings. The Bertz CT molecular complexity index is 199. The third-order valence-corrected chi connectivity index (χ3v) is 3.65. The van der Waals surface area contributed by atoms with Crippen molar-refractivity contribution in [3.63, 3.8) is 0 Å². The minimum Gasteiger partial charge on any atom is -0.343 e. The van der Waals surface area contributed by atoms with E-state index < -0.39 is 0 Å². The molecule has 0 spiro atoms. The van der Waals surface area contributed by atoms with Gasteiger partial charge in [0.25, 0.3) is 5.24 Å². The number of thioether (sulfide) groups is 1. The van der Waals surface area contributed by atoms with Gasteiger partial charge in [0.05, 0.1) is 5.38 Å². The van der Waals surface area contributed by atoms with E-state index in [4.69, 9.17) is 11.6 Å². The summed E-state index contributed by atoms with van der Waals surface area (Å²) in [5.41, 5.74) is 0. The maximum atomic E-state index is 11.5. The van der Waals surface area contributed by atoms with Gasteiger partial charge in [0.15, 0.2) is 0 Å². The summed E-state index contributed by atoms with van der Waals surface area (Å²) in [5.74, 6) is 0. The quantitative estimate of drug-likeness (QED) is 0.744. The van der Waals surface area contributed by atoms with Gasteiger partial charge in [-0.1, -0.05) is 38.5 Å². The second-order valence-electron chi connectivity index (χ2n) is 4.01. The molecule has 1 N–H and O–H groups in total. The Kier molecular flexibility index (Phi) is 5.10. The van der Waals surface area contributed by atoms with Crippen LogP contribution < -0.4 is 5.32 Å². The van der Waals surface area contributed by atoms with Gasteiger partial charge in [-0.15, -0.1) is 11.6 Å². The predicted molar refractivity (Wildman–Crippen MR) is 63.2 cm³/mol. The van der Waals surface area contributed by atoms with Gasteiger partial charge >= 0.3 is 0 Å². The molecule has 1 fully saturated rings. The molecule has 1 amide bonds. The minimum absolute atomic E-state index is 0.0672. The number of carbonyl (C=O) groups is 1. The molecule has 0 radical (unpaired) electrons. The van der Waals surface area contributed by atoms with Gasteiger partial charge in [-0.25, -0.2) is 0 Å². The summed E-state index contributed by atoms with van der Waals surface area (Å²) in [6.07, 6.45) is 4.43. The van der Waals surface area contributed by atoms with Crippen molar-refractivity contribution in [1.29, 1.82) is 0 Å². The first-order chi connectivity index (χ1) is 6.59. The molecule has 0 bridgehead atoms. The van der Waals surface area contributed by atoms with Crippen molar-refractivity contribution in [2.24, 2.45) is 0 Å². The molecule has 1 saturated carbocycles. The molecule has 4 heteroatoms. The Morgan fingerprint density at radius 1 is 1.43 bits per heavy atom. The Labute approximate surface area is 95.2 Å². The number of halogens is 1. The first kappa shape index (κ1) is 12.2. The molecular weight excluding hydrogens is 218 g/mol. The van der Waals surface area contributed by atoms with E-state index in [1.807, 2.05) is 13.8 Å². The van der Waals surface area contributed by atoms with Crippen LogP contribution in [0, 0.1) is 0 Å². The highest BCUT2D eigenvalue weighted by Gasteiger charge is 2.24. The van der Waals surface area contributed by atoms with Gasteiger partial charge in [-0.3, -0.25) is 4.79 Å². The monoisotopic (exact) mass is 235 g/mol. The largest absolute Gasteiger partial charge is 0.343 e. The van der Waals surface area contributed by atoms with Crippen LogP contribution in [0.5, 0.6) is 0 Å². The van der Waals surface area contributed by atoms with Gasteiger partial charge in [-0.05, 0) is 12.8 Å². The number of hydrogen-bond acceptors (Lipinski definition) is 2. The van der Waals surface area contributed by atoms with Crippen LogP contribution in [0.15, 0.2) is 0 Å². The van der Waals surface area contributed by atoms with Crippen LogP contribution in [0.3, 0.4) is 0 Å². The van der Waals surface area contributed by atoms with E-state index in [1.54, 1.807) is 0 Å². The number of amides is 1. The van der Waals surface area contributed by atoms with Crippen LogP contribution in [0.25, 0.3) is 0 Å². The summed E-state index contributed by atoms with van der Waals surface area (Å²) < 4.78 is 0. The Morgan fingerprint density at radius 2 is 2.07 bits per heavy atom. The molecule has 2 nitrogen and oxygen atoms in total. The van der Waals surface area contributed by atoms with Crippen molar-refractivity contribution < 1.29 is 4.79 Å². The lowest BCUT2D eigenvalue weighted by Gasteiger charge is -2.27. The van der Waals surface area contributed by atoms with Gasteiger partial charge < -0.3 is 5.32 Å². The number of hydrogen-bond donors (Lipinski definition) is 1. The molecule has 1 rings (SSSR count). The minimum atomic E-state index is 0.0672. The average Bonchev–Trinajstić information content (AvgIpc) is 2.07. The van der Waals surface area contributed by atoms with Crippen LogP contribution >= 0.6 is 23.4 Å². The molecule has 0 aromatic heterocycles. The lowest BCUT2D eigenvalue weighted by atomic mass is 9.95. The maximum absolute atomic E-state index is 11.5. The molecule has 82 valence electrons. The van der Waals surface area contributed by atoms with E-state index >= 15 is 0 Å². The van der Waals surface area contributed by atoms with Crippen LogP contribution in [0.4, 0.5) is 4.79 Å². The molecule has 0 saturated heterocycles. The molecule has 0 aromatic carbocycles. The van der Waals surface area contributed by atoms with E-state index in [2.05, 4.69) is 5.32 Å². The van der Waals surface area contributed by atoms with Crippen LogP contribution in [-0.2, 0) is 0 Å². The SMILES string of the molecule is CC(C)SC(=O)NC1CCCC[C@@H]1Cl. The number of nitrogens with one attached hydrogen (secondary N) is 1. The second-order valence-corrected chi connectivity index (χ2v) is 6.12. The van der Waals surface area contributed by atoms with Crippen molar-refractivity contribution >= 4 is 28.6 Å². The van der Waals surface area contributed by atoms with E-state index in [1.165, 1.54) is 24.6 Å². The first-order valence-corrected chi connectivity index (χ1v) is 6.52. The van der Waals surface area contributed by atoms with Crippen LogP contribution in [0.1, 0.15) is 39.5 Å². The Morgan fingerprint density at radius 3 is 2.64 bits per heavy atom. The smallest absolute Gasteiger partial charge is 0.279 e. The molecular formula is C10H18ClNOS. The van der Waals surface area contributed by atoms with Gasteiger partial charge in [0, 0.05) is 11.3 Å². The molecule has 14 heavy (non-hydrogen) atoms. The summed E-state index contributed by atoms with van der Waals surface area (Å²) in [5, 5.41) is 3.52. The standard InChI is InChI=1S/C10H18ClNOS/c1-7(2)14-10(13)12-9-6-4-3-5-8(9)11/h7-9H,3-6H2,1-2H3,(H,12,13)/t8-,9?/m0/s1. The predicted octanol–water partition coefficient (Wildman–Crippen LogP) is 3.39. The van der Waals surface area contributed by atoms with E-state index in [9.17, 15) is 4.79 Å². The van der Waals surface area contributed by atoms with E-state index in [-0.39, 0.29) is 16.7 Å². The zero-order valence-corrected chi connectivity index (χ0v) is 10.3. The third-order valence-electron chi connectivity index (χ3n) is 2.33. The van der Waals surface area contributed by atoms with E-state index in [0.717, 1.165) is 12.8 Å². The number of alkyl halides is 1. The lowest BCUT2D eigenvalue weighted by Crippen LogP contribution is -2.41. The molecule has 1 unspecified atom stereocenters. The third kappa shape index (κ3) is 4.09. The van der Waals surface area contributed by atoms with Crippen molar-refractivity contribution in [1.82, 2.24) is 5.32 Å². The zero-order valence-electron chi connectivity index (χ0n) is 8.75. The highest BCUT2D eigenvalue weighted by atomic mass is 35.5. The average molecular weight is 236 g/mol. The topological polar surface area (TPSA) is 29.1 Å². The van der Waals surface area contributed by atoms with Gasteiger partial charge in [0.1, 0.15) is 0 Å². The Hall–Kier alpha value is 0.110. The fraction of sp³-hybridized carbons (Fsp3) is 0.900. The Balaban J connectivity index is 2.31. The van der Waals surface area contributed by atoms with E-state index in [0.29, 0.717) is 5.25 Å². The van der Waals surface area contributed by atoms with Crippen molar-refractivity contribution in [3.8, 4) is 0 Å². The summed E-state index contributed by atoms with van der Waals surface area (Å²) in [6.45, 7) is 4.03. The summed E-state index contributed by atoms with van der Waals surface area (Å²) in [6, 6.07) is 0.184. The number of rotatable bonds is 2. The molecule has 2 atom stereocenters. The molecule has 0 heterocycles. The molecule has 0 aromatic rings. The molecule has 0 aliphatic heterocycles. The van der Waals surface area contributed by atoms with Gasteiger partial charge in [0.2, 0.25) is 0 Å². The molecule has 1 aliphatic carbocycles.